The molecule has 2 heterocycles. The van der Waals surface area contributed by atoms with Crippen molar-refractivity contribution in [1.82, 2.24) is 19.6 Å². The third-order valence-electron chi connectivity index (χ3n) is 5.77. The molecule has 0 aliphatic carbocycles. The summed E-state index contributed by atoms with van der Waals surface area (Å²) >= 11 is 0. The van der Waals surface area contributed by atoms with Gasteiger partial charge in [0, 0.05) is 24.7 Å². The summed E-state index contributed by atoms with van der Waals surface area (Å²) < 4.78 is 42.8. The number of nitrogens with one attached hydrogen (secondary N) is 1. The van der Waals surface area contributed by atoms with Gasteiger partial charge in [-0.3, -0.25) is 14.3 Å². The first-order valence-electron chi connectivity index (χ1n) is 10.8. The maximum atomic E-state index is 13.4. The summed E-state index contributed by atoms with van der Waals surface area (Å²) in [6.07, 6.45) is -2.98. The van der Waals surface area contributed by atoms with E-state index in [0.29, 0.717) is 16.8 Å². The summed E-state index contributed by atoms with van der Waals surface area (Å²) in [5, 5.41) is 11.0. The molecule has 1 unspecified atom stereocenters. The summed E-state index contributed by atoms with van der Waals surface area (Å²) in [6, 6.07) is 7.91. The monoisotopic (exact) mass is 491 g/mol. The summed E-state index contributed by atoms with van der Waals surface area (Å²) in [7, 11) is 1.41. The topological polar surface area (TPSA) is 134 Å². The lowest BCUT2D eigenvalue weighted by Gasteiger charge is -2.24. The van der Waals surface area contributed by atoms with Crippen LogP contribution in [0.1, 0.15) is 48.4 Å². The fourth-order valence-electron chi connectivity index (χ4n) is 3.74. The molecule has 5 N–H and O–H groups in total. The van der Waals surface area contributed by atoms with E-state index >= 15 is 0 Å². The van der Waals surface area contributed by atoms with Crippen molar-refractivity contribution in [2.75, 3.05) is 17.7 Å². The number of nitrogen functional groups attached to an aromatic ring is 1. The maximum Gasteiger partial charge on any atom is 0.254 e. The van der Waals surface area contributed by atoms with Gasteiger partial charge >= 0.3 is 0 Å². The number of nitrogens with two attached hydrogens (primary N) is 2. The van der Waals surface area contributed by atoms with Crippen molar-refractivity contribution in [1.29, 1.82) is 0 Å². The predicted octanol–water partition coefficient (Wildman–Crippen LogP) is 3.22. The lowest BCUT2D eigenvalue weighted by molar-refractivity contribution is -0.115. The quantitative estimate of drug-likeness (QED) is 0.423. The Hall–Kier alpha value is -3.83. The number of halogens is 3. The van der Waals surface area contributed by atoms with E-state index in [1.165, 1.54) is 17.8 Å². The second-order valence-electron chi connectivity index (χ2n) is 8.82. The van der Waals surface area contributed by atoms with Crippen LogP contribution in [0, 0.1) is 0 Å². The van der Waals surface area contributed by atoms with Crippen LogP contribution in [0.3, 0.4) is 0 Å². The molecule has 0 radical (unpaired) electrons. The van der Waals surface area contributed by atoms with Crippen LogP contribution in [0.15, 0.2) is 30.3 Å². The smallest absolute Gasteiger partial charge is 0.254 e. The zero-order chi connectivity index (χ0) is 26.1. The number of hydrogen-bond acceptors (Lipinski definition) is 5. The van der Waals surface area contributed by atoms with Gasteiger partial charge in [0.15, 0.2) is 5.82 Å². The number of rotatable bonds is 9. The van der Waals surface area contributed by atoms with Gasteiger partial charge in [-0.2, -0.15) is 10.2 Å². The van der Waals surface area contributed by atoms with Crippen LogP contribution in [0.4, 0.5) is 24.8 Å². The van der Waals surface area contributed by atoms with Crippen molar-refractivity contribution in [3.05, 3.63) is 47.2 Å². The van der Waals surface area contributed by atoms with Gasteiger partial charge in [-0.1, -0.05) is 24.3 Å². The summed E-state index contributed by atoms with van der Waals surface area (Å²) in [4.78, 5) is 24.4. The Kier molecular flexibility index (Phi) is 7.22. The summed E-state index contributed by atoms with van der Waals surface area (Å²) in [5.74, 6) is -0.910. The predicted molar refractivity (Wildman–Crippen MR) is 126 cm³/mol. The van der Waals surface area contributed by atoms with E-state index in [-0.39, 0.29) is 35.4 Å². The van der Waals surface area contributed by atoms with Crippen LogP contribution < -0.4 is 16.8 Å². The number of amides is 2. The van der Waals surface area contributed by atoms with Gasteiger partial charge in [0.05, 0.1) is 17.5 Å². The number of nitrogens with zero attached hydrogens (tertiary/aromatic N) is 4. The van der Waals surface area contributed by atoms with E-state index in [4.69, 9.17) is 11.5 Å². The van der Waals surface area contributed by atoms with E-state index in [9.17, 15) is 22.8 Å². The zero-order valence-corrected chi connectivity index (χ0v) is 19.8. The van der Waals surface area contributed by atoms with Crippen molar-refractivity contribution in [2.45, 2.75) is 45.1 Å². The molecule has 3 aromatic rings. The van der Waals surface area contributed by atoms with Crippen LogP contribution in [0.25, 0.3) is 11.3 Å². The molecule has 188 valence electrons. The Balaban J connectivity index is 1.76. The van der Waals surface area contributed by atoms with Crippen molar-refractivity contribution in [3.63, 3.8) is 0 Å². The Morgan fingerprint density at radius 2 is 1.80 bits per heavy atom. The molecule has 2 amide bonds. The number of aromatic nitrogens is 4. The highest BCUT2D eigenvalue weighted by atomic mass is 19.3. The molecule has 2 aromatic heterocycles. The first kappa shape index (κ1) is 25.8. The lowest BCUT2D eigenvalue weighted by atomic mass is 9.88. The molecule has 0 fully saturated rings. The van der Waals surface area contributed by atoms with E-state index in [0.717, 1.165) is 11.6 Å². The molecule has 0 saturated carbocycles. The Morgan fingerprint density at radius 3 is 2.31 bits per heavy atom. The second-order valence-corrected chi connectivity index (χ2v) is 8.82. The van der Waals surface area contributed by atoms with Crippen LogP contribution in [-0.4, -0.2) is 44.5 Å². The summed E-state index contributed by atoms with van der Waals surface area (Å²) in [6.45, 7) is 3.57. The normalized spacial score (nSPS) is 13.3. The molecule has 0 aliphatic rings. The Labute approximate surface area is 200 Å². The van der Waals surface area contributed by atoms with Crippen molar-refractivity contribution >= 4 is 23.5 Å². The zero-order valence-electron chi connectivity index (χ0n) is 19.8. The number of hydrogen-bond donors (Lipinski definition) is 3. The second kappa shape index (κ2) is 9.80. The largest absolute Gasteiger partial charge is 0.383 e. The minimum atomic E-state index is -2.94. The summed E-state index contributed by atoms with van der Waals surface area (Å²) in [5.41, 5.74) is 11.2. The van der Waals surface area contributed by atoms with Gasteiger partial charge in [0.1, 0.15) is 23.7 Å². The third-order valence-corrected chi connectivity index (χ3v) is 5.77. The molecule has 12 heteroatoms. The van der Waals surface area contributed by atoms with Gasteiger partial charge in [-0.25, -0.2) is 17.9 Å². The molecule has 1 atom stereocenters. The molecular formula is C23H28F3N7O2. The highest BCUT2D eigenvalue weighted by Crippen LogP contribution is 2.33. The van der Waals surface area contributed by atoms with E-state index in [2.05, 4.69) is 15.5 Å². The van der Waals surface area contributed by atoms with Gasteiger partial charge in [0.25, 0.3) is 12.3 Å². The van der Waals surface area contributed by atoms with Crippen molar-refractivity contribution in [2.24, 2.45) is 12.8 Å². The van der Waals surface area contributed by atoms with Gasteiger partial charge in [0.2, 0.25) is 5.91 Å². The van der Waals surface area contributed by atoms with E-state index in [1.54, 1.807) is 24.3 Å². The molecular weight excluding hydrogens is 463 g/mol. The fraction of sp³-hybridized carbons (Fsp3) is 0.391. The number of alkyl halides is 3. The van der Waals surface area contributed by atoms with Crippen molar-refractivity contribution in [3.8, 4) is 11.3 Å². The third kappa shape index (κ3) is 5.00. The Bertz CT molecular complexity index is 1230. The number of carbonyl (C=O) groups excluding carboxylic acids is 2. The van der Waals surface area contributed by atoms with E-state index < -0.39 is 30.3 Å². The molecule has 35 heavy (non-hydrogen) atoms. The number of aryl methyl sites for hydroxylation is 1. The number of carbonyl (C=O) groups is 2. The molecule has 3 rings (SSSR count). The Morgan fingerprint density at radius 1 is 1.17 bits per heavy atom. The minimum absolute atomic E-state index is 0.0278. The SMILES string of the molecule is CC(C)n1nc(-c2ccc(CC(=O)Nc3cc(C(C)(CF)C(F)F)n(C)n3)cc2)c(C(N)=O)c1N. The first-order valence-corrected chi connectivity index (χ1v) is 10.8. The molecule has 0 spiro atoms. The average molecular weight is 492 g/mol. The highest BCUT2D eigenvalue weighted by molar-refractivity contribution is 6.03. The molecule has 1 aromatic carbocycles. The van der Waals surface area contributed by atoms with E-state index in [1.807, 2.05) is 13.8 Å². The molecule has 0 saturated heterocycles. The van der Waals surface area contributed by atoms with Crippen LogP contribution in [-0.2, 0) is 23.7 Å². The van der Waals surface area contributed by atoms with Gasteiger partial charge in [-0.15, -0.1) is 0 Å². The van der Waals surface area contributed by atoms with Crippen LogP contribution in [0.2, 0.25) is 0 Å². The van der Waals surface area contributed by atoms with Crippen LogP contribution in [0.5, 0.6) is 0 Å². The lowest BCUT2D eigenvalue weighted by Crippen LogP contribution is -2.35. The molecule has 0 aliphatic heterocycles. The fourth-order valence-corrected chi connectivity index (χ4v) is 3.74. The highest BCUT2D eigenvalue weighted by Gasteiger charge is 2.40. The number of primary amides is 1. The van der Waals surface area contributed by atoms with Gasteiger partial charge in [-0.05, 0) is 26.3 Å². The molecule has 9 nitrogen and oxygen atoms in total. The van der Waals surface area contributed by atoms with Crippen molar-refractivity contribution < 1.29 is 22.8 Å². The molecule has 0 bridgehead atoms. The van der Waals surface area contributed by atoms with Crippen LogP contribution >= 0.6 is 0 Å². The number of benzene rings is 1. The van der Waals surface area contributed by atoms with Gasteiger partial charge < -0.3 is 16.8 Å². The average Bonchev–Trinajstić information content (AvgIpc) is 3.33. The number of anilines is 2. The maximum absolute atomic E-state index is 13.4. The standard InChI is InChI=1S/C23H28F3N7O2/c1-12(2)33-20(27)18(21(28)35)19(31-33)14-7-5-13(6-8-14)9-17(34)29-16-10-15(32(4)30-16)23(3,11-24)22(25)26/h5-8,10,12,22H,9,11,27H2,1-4H3,(H2,28,35)(H,29,30,34). The minimum Gasteiger partial charge on any atom is -0.383 e. The first-order chi connectivity index (χ1) is 16.4.